The SMILES string of the molecule is CCN(C(=O)Cn1cnc2ccccc2c1=O)c1nc2cc(Cl)ccc2s1. The minimum absolute atomic E-state index is 0.0960. The number of fused-ring (bicyclic) bond motifs is 2. The van der Waals surface area contributed by atoms with Crippen LogP contribution >= 0.6 is 22.9 Å². The van der Waals surface area contributed by atoms with Crippen LogP contribution in [-0.2, 0) is 11.3 Å². The first-order chi connectivity index (χ1) is 13.1. The van der Waals surface area contributed by atoms with Crippen LogP contribution in [0, 0.1) is 0 Å². The monoisotopic (exact) mass is 398 g/mol. The third-order valence-electron chi connectivity index (χ3n) is 4.22. The third kappa shape index (κ3) is 3.31. The van der Waals surface area contributed by atoms with Crippen LogP contribution in [0.1, 0.15) is 6.92 Å². The summed E-state index contributed by atoms with van der Waals surface area (Å²) in [4.78, 5) is 35.8. The van der Waals surface area contributed by atoms with Crippen LogP contribution < -0.4 is 10.5 Å². The lowest BCUT2D eigenvalue weighted by atomic mass is 10.2. The first kappa shape index (κ1) is 17.6. The number of anilines is 1. The summed E-state index contributed by atoms with van der Waals surface area (Å²) in [5, 5.41) is 1.68. The number of carbonyl (C=O) groups is 1. The van der Waals surface area contributed by atoms with Crippen molar-refractivity contribution in [3.63, 3.8) is 0 Å². The predicted octanol–water partition coefficient (Wildman–Crippen LogP) is 3.71. The van der Waals surface area contributed by atoms with E-state index in [0.29, 0.717) is 27.6 Å². The molecule has 4 rings (SSSR count). The highest BCUT2D eigenvalue weighted by atomic mass is 35.5. The van der Waals surface area contributed by atoms with Crippen molar-refractivity contribution in [1.29, 1.82) is 0 Å². The van der Waals surface area contributed by atoms with Crippen LogP contribution in [0.3, 0.4) is 0 Å². The van der Waals surface area contributed by atoms with Crippen molar-refractivity contribution in [3.8, 4) is 0 Å². The number of hydrogen-bond acceptors (Lipinski definition) is 5. The van der Waals surface area contributed by atoms with Crippen molar-refractivity contribution in [3.05, 3.63) is 64.2 Å². The van der Waals surface area contributed by atoms with E-state index in [2.05, 4.69) is 9.97 Å². The van der Waals surface area contributed by atoms with Gasteiger partial charge < -0.3 is 0 Å². The van der Waals surface area contributed by atoms with Crippen LogP contribution in [0.5, 0.6) is 0 Å². The van der Waals surface area contributed by atoms with E-state index >= 15 is 0 Å². The Balaban J connectivity index is 1.66. The van der Waals surface area contributed by atoms with Gasteiger partial charge in [0.2, 0.25) is 5.91 Å². The molecule has 0 spiro atoms. The molecule has 0 bridgehead atoms. The van der Waals surface area contributed by atoms with Crippen LogP contribution in [-0.4, -0.2) is 27.0 Å². The molecule has 2 aromatic carbocycles. The number of thiazole rings is 1. The van der Waals surface area contributed by atoms with E-state index < -0.39 is 0 Å². The Kier molecular flexibility index (Phi) is 4.63. The summed E-state index contributed by atoms with van der Waals surface area (Å²) >= 11 is 7.43. The lowest BCUT2D eigenvalue weighted by Crippen LogP contribution is -2.36. The van der Waals surface area contributed by atoms with Gasteiger partial charge in [0.1, 0.15) is 6.54 Å². The molecule has 4 aromatic rings. The van der Waals surface area contributed by atoms with Gasteiger partial charge >= 0.3 is 0 Å². The fourth-order valence-corrected chi connectivity index (χ4v) is 4.07. The average Bonchev–Trinajstić information content (AvgIpc) is 3.07. The Bertz CT molecular complexity index is 1220. The quantitative estimate of drug-likeness (QED) is 0.525. The molecule has 136 valence electrons. The molecule has 2 heterocycles. The molecular formula is C19H15ClN4O2S. The van der Waals surface area contributed by atoms with Crippen LogP contribution in [0.25, 0.3) is 21.1 Å². The highest BCUT2D eigenvalue weighted by Crippen LogP contribution is 2.30. The van der Waals surface area contributed by atoms with Crippen molar-refractivity contribution in [2.24, 2.45) is 0 Å². The molecule has 0 atom stereocenters. The number of benzene rings is 2. The summed E-state index contributed by atoms with van der Waals surface area (Å²) in [5.74, 6) is -0.221. The maximum atomic E-state index is 12.9. The van der Waals surface area contributed by atoms with Gasteiger partial charge in [-0.3, -0.25) is 19.1 Å². The van der Waals surface area contributed by atoms with Gasteiger partial charge in [0, 0.05) is 11.6 Å². The van der Waals surface area contributed by atoms with Crippen molar-refractivity contribution >= 4 is 55.1 Å². The maximum Gasteiger partial charge on any atom is 0.261 e. The summed E-state index contributed by atoms with van der Waals surface area (Å²) in [6.07, 6.45) is 1.41. The standard InChI is InChI=1S/C19H15ClN4O2S/c1-2-24(19-22-15-9-12(20)7-8-16(15)27-19)17(25)10-23-11-21-14-6-4-3-5-13(14)18(23)26/h3-9,11H,2,10H2,1H3. The molecule has 0 unspecified atom stereocenters. The van der Waals surface area contributed by atoms with Gasteiger partial charge in [-0.2, -0.15) is 0 Å². The fourth-order valence-electron chi connectivity index (χ4n) is 2.87. The fraction of sp³-hybridized carbons (Fsp3) is 0.158. The molecular weight excluding hydrogens is 384 g/mol. The van der Waals surface area contributed by atoms with E-state index in [4.69, 9.17) is 11.6 Å². The molecule has 2 aromatic heterocycles. The van der Waals surface area contributed by atoms with Gasteiger partial charge in [-0.1, -0.05) is 35.1 Å². The average molecular weight is 399 g/mol. The molecule has 27 heavy (non-hydrogen) atoms. The largest absolute Gasteiger partial charge is 0.289 e. The van der Waals surface area contributed by atoms with E-state index in [-0.39, 0.29) is 18.0 Å². The number of nitrogens with zero attached hydrogens (tertiary/aromatic N) is 4. The number of halogens is 1. The zero-order chi connectivity index (χ0) is 19.0. The smallest absolute Gasteiger partial charge is 0.261 e. The first-order valence-corrected chi connectivity index (χ1v) is 9.57. The molecule has 0 aliphatic rings. The maximum absolute atomic E-state index is 12.9. The van der Waals surface area contributed by atoms with Crippen molar-refractivity contribution < 1.29 is 4.79 Å². The minimum atomic E-state index is -0.235. The Morgan fingerprint density at radius 2 is 2.04 bits per heavy atom. The second-order valence-corrected chi connectivity index (χ2v) is 7.39. The van der Waals surface area contributed by atoms with E-state index in [1.807, 2.05) is 19.1 Å². The van der Waals surface area contributed by atoms with E-state index in [9.17, 15) is 9.59 Å². The molecule has 0 saturated carbocycles. The molecule has 6 nitrogen and oxygen atoms in total. The van der Waals surface area contributed by atoms with Crippen LogP contribution in [0.4, 0.5) is 5.13 Å². The third-order valence-corrected chi connectivity index (χ3v) is 5.52. The minimum Gasteiger partial charge on any atom is -0.289 e. The molecule has 0 fully saturated rings. The molecule has 1 amide bonds. The molecule has 0 radical (unpaired) electrons. The first-order valence-electron chi connectivity index (χ1n) is 8.37. The molecule has 0 aliphatic heterocycles. The predicted molar refractivity (Wildman–Crippen MR) is 109 cm³/mol. The Morgan fingerprint density at radius 3 is 2.85 bits per heavy atom. The number of hydrogen-bond donors (Lipinski definition) is 0. The van der Waals surface area contributed by atoms with Gasteiger partial charge in [-0.25, -0.2) is 9.97 Å². The van der Waals surface area contributed by atoms with E-state index in [0.717, 1.165) is 10.2 Å². The Hall–Kier alpha value is -2.77. The normalized spacial score (nSPS) is 11.2. The molecule has 0 aliphatic carbocycles. The summed E-state index contributed by atoms with van der Waals surface area (Å²) in [5.41, 5.74) is 1.13. The second-order valence-electron chi connectivity index (χ2n) is 5.94. The number of rotatable bonds is 4. The summed E-state index contributed by atoms with van der Waals surface area (Å²) in [6.45, 7) is 2.22. The van der Waals surface area contributed by atoms with Gasteiger partial charge in [0.25, 0.3) is 5.56 Å². The Morgan fingerprint density at radius 1 is 1.22 bits per heavy atom. The summed E-state index contributed by atoms with van der Waals surface area (Å²) < 4.78 is 2.28. The Labute approximate surface area is 163 Å². The van der Waals surface area contributed by atoms with Crippen molar-refractivity contribution in [1.82, 2.24) is 14.5 Å². The lowest BCUT2D eigenvalue weighted by molar-refractivity contribution is -0.119. The number of amides is 1. The molecule has 0 N–H and O–H groups in total. The van der Waals surface area contributed by atoms with E-state index in [1.165, 1.54) is 22.2 Å². The molecule has 8 heteroatoms. The topological polar surface area (TPSA) is 68.1 Å². The van der Waals surface area contributed by atoms with Gasteiger partial charge in [-0.05, 0) is 37.3 Å². The van der Waals surface area contributed by atoms with Crippen LogP contribution in [0.15, 0.2) is 53.6 Å². The van der Waals surface area contributed by atoms with Gasteiger partial charge in [0.05, 0.1) is 27.4 Å². The van der Waals surface area contributed by atoms with Crippen molar-refractivity contribution in [2.45, 2.75) is 13.5 Å². The number of carbonyl (C=O) groups excluding carboxylic acids is 1. The lowest BCUT2D eigenvalue weighted by Gasteiger charge is -2.18. The zero-order valence-corrected chi connectivity index (χ0v) is 16.0. The highest BCUT2D eigenvalue weighted by Gasteiger charge is 2.19. The zero-order valence-electron chi connectivity index (χ0n) is 14.4. The van der Waals surface area contributed by atoms with E-state index in [1.54, 1.807) is 35.2 Å². The summed E-state index contributed by atoms with van der Waals surface area (Å²) in [7, 11) is 0. The highest BCUT2D eigenvalue weighted by molar-refractivity contribution is 7.22. The molecule has 0 saturated heterocycles. The van der Waals surface area contributed by atoms with Gasteiger partial charge in [0.15, 0.2) is 5.13 Å². The number of likely N-dealkylation sites (N-methyl/N-ethyl adjacent to an activating group) is 1. The summed E-state index contributed by atoms with van der Waals surface area (Å²) in [6, 6.07) is 12.5. The van der Waals surface area contributed by atoms with Crippen molar-refractivity contribution in [2.75, 3.05) is 11.4 Å². The van der Waals surface area contributed by atoms with Gasteiger partial charge in [-0.15, -0.1) is 0 Å². The van der Waals surface area contributed by atoms with Crippen LogP contribution in [0.2, 0.25) is 5.02 Å². The number of aromatic nitrogens is 3. The number of para-hydroxylation sites is 1. The second kappa shape index (κ2) is 7.09.